The molecule has 0 bridgehead atoms. The maximum absolute atomic E-state index is 11.5. The molecule has 3 nitrogen and oxygen atoms in total. The number of nitrogens with one attached hydrogen (secondary N) is 1. The maximum Gasteiger partial charge on any atom is 0.220 e. The monoisotopic (exact) mass is 215 g/mol. The average Bonchev–Trinajstić information content (AvgIpc) is 2.24. The van der Waals surface area contributed by atoms with Crippen LogP contribution in [0.2, 0.25) is 0 Å². The van der Waals surface area contributed by atoms with Crippen LogP contribution >= 0.6 is 0 Å². The van der Waals surface area contributed by atoms with Crippen LogP contribution < -0.4 is 5.32 Å². The minimum atomic E-state index is -0.443. The molecule has 90 valence electrons. The molecule has 0 aromatic heterocycles. The first kappa shape index (κ1) is 14.4. The van der Waals surface area contributed by atoms with Gasteiger partial charge in [0.15, 0.2) is 0 Å². The van der Waals surface area contributed by atoms with Crippen molar-refractivity contribution in [2.75, 3.05) is 6.61 Å². The Bertz CT molecular complexity index is 176. The molecule has 1 unspecified atom stereocenters. The molecule has 0 rings (SSSR count). The summed E-state index contributed by atoms with van der Waals surface area (Å²) in [7, 11) is 0. The summed E-state index contributed by atoms with van der Waals surface area (Å²) in [4.78, 5) is 11.5. The van der Waals surface area contributed by atoms with Crippen molar-refractivity contribution in [2.24, 2.45) is 0 Å². The van der Waals surface area contributed by atoms with Gasteiger partial charge in [0.25, 0.3) is 0 Å². The van der Waals surface area contributed by atoms with Gasteiger partial charge in [0.1, 0.15) is 0 Å². The molecule has 0 aliphatic rings. The second-order valence-electron chi connectivity index (χ2n) is 4.43. The van der Waals surface area contributed by atoms with Crippen molar-refractivity contribution in [3.8, 4) is 0 Å². The molecule has 3 heteroatoms. The molecule has 2 N–H and O–H groups in total. The summed E-state index contributed by atoms with van der Waals surface area (Å²) in [5.74, 6) is 0.0597. The number of rotatable bonds is 8. The zero-order valence-electron chi connectivity index (χ0n) is 10.3. The Kier molecular flexibility index (Phi) is 7.39. The normalized spacial score (nSPS) is 14.7. The van der Waals surface area contributed by atoms with Crippen LogP contribution in [0.4, 0.5) is 0 Å². The summed E-state index contributed by atoms with van der Waals surface area (Å²) in [6, 6.07) is 0. The predicted molar refractivity (Wildman–Crippen MR) is 62.7 cm³/mol. The lowest BCUT2D eigenvalue weighted by Gasteiger charge is -2.27. The maximum atomic E-state index is 11.5. The van der Waals surface area contributed by atoms with Crippen LogP contribution in [0.25, 0.3) is 0 Å². The average molecular weight is 215 g/mol. The van der Waals surface area contributed by atoms with Crippen LogP contribution in [-0.2, 0) is 4.79 Å². The molecule has 0 spiro atoms. The predicted octanol–water partition coefficient (Wildman–Crippen LogP) is 2.23. The van der Waals surface area contributed by atoms with Gasteiger partial charge in [-0.05, 0) is 19.8 Å². The molecule has 0 fully saturated rings. The zero-order valence-corrected chi connectivity index (χ0v) is 10.3. The molecule has 1 amide bonds. The number of hydrogen-bond donors (Lipinski definition) is 2. The Balaban J connectivity index is 3.72. The molecule has 0 heterocycles. The Morgan fingerprint density at radius 3 is 2.40 bits per heavy atom. The van der Waals surface area contributed by atoms with Crippen molar-refractivity contribution in [3.05, 3.63) is 0 Å². The van der Waals surface area contributed by atoms with Crippen molar-refractivity contribution in [1.82, 2.24) is 5.32 Å². The number of carbonyl (C=O) groups excluding carboxylic acids is 1. The standard InChI is InChI=1S/C12H25NO2/c1-4-6-7-8-9-11(15)13-12(3,5-2)10-14/h14H,4-10H2,1-3H3,(H,13,15). The third-order valence-electron chi connectivity index (χ3n) is 2.83. The molecule has 0 aromatic carbocycles. The second kappa shape index (κ2) is 7.69. The van der Waals surface area contributed by atoms with E-state index in [0.717, 1.165) is 19.3 Å². The lowest BCUT2D eigenvalue weighted by atomic mass is 10.00. The molecule has 0 aliphatic carbocycles. The van der Waals surface area contributed by atoms with Gasteiger partial charge in [0.05, 0.1) is 12.1 Å². The van der Waals surface area contributed by atoms with Crippen molar-refractivity contribution in [1.29, 1.82) is 0 Å². The number of unbranched alkanes of at least 4 members (excludes halogenated alkanes) is 3. The largest absolute Gasteiger partial charge is 0.394 e. The highest BCUT2D eigenvalue weighted by atomic mass is 16.3. The Morgan fingerprint density at radius 1 is 1.27 bits per heavy atom. The van der Waals surface area contributed by atoms with E-state index in [1.54, 1.807) is 0 Å². The van der Waals surface area contributed by atoms with Gasteiger partial charge in [0, 0.05) is 6.42 Å². The van der Waals surface area contributed by atoms with Crippen LogP contribution in [0.15, 0.2) is 0 Å². The first-order valence-electron chi connectivity index (χ1n) is 6.00. The van der Waals surface area contributed by atoms with Crippen molar-refractivity contribution >= 4 is 5.91 Å². The minimum Gasteiger partial charge on any atom is -0.394 e. The van der Waals surface area contributed by atoms with Crippen LogP contribution in [-0.4, -0.2) is 23.2 Å². The lowest BCUT2D eigenvalue weighted by Crippen LogP contribution is -2.48. The third kappa shape index (κ3) is 6.50. The summed E-state index contributed by atoms with van der Waals surface area (Å²) < 4.78 is 0. The van der Waals surface area contributed by atoms with Crippen molar-refractivity contribution < 1.29 is 9.90 Å². The van der Waals surface area contributed by atoms with Gasteiger partial charge in [0.2, 0.25) is 5.91 Å². The molecule has 0 aromatic rings. The first-order valence-corrected chi connectivity index (χ1v) is 6.00. The highest BCUT2D eigenvalue weighted by molar-refractivity contribution is 5.76. The van der Waals surface area contributed by atoms with Gasteiger partial charge >= 0.3 is 0 Å². The van der Waals surface area contributed by atoms with Crippen LogP contribution in [0, 0.1) is 0 Å². The van der Waals surface area contributed by atoms with Crippen LogP contribution in [0.5, 0.6) is 0 Å². The van der Waals surface area contributed by atoms with E-state index in [4.69, 9.17) is 5.11 Å². The summed E-state index contributed by atoms with van der Waals surface area (Å²) in [5.41, 5.74) is -0.443. The lowest BCUT2D eigenvalue weighted by molar-refractivity contribution is -0.123. The fraction of sp³-hybridized carbons (Fsp3) is 0.917. The Morgan fingerprint density at radius 2 is 1.93 bits per heavy atom. The van der Waals surface area contributed by atoms with E-state index in [-0.39, 0.29) is 12.5 Å². The molecule has 1 atom stereocenters. The van der Waals surface area contributed by atoms with Crippen molar-refractivity contribution in [3.63, 3.8) is 0 Å². The van der Waals surface area contributed by atoms with Gasteiger partial charge in [-0.2, -0.15) is 0 Å². The fourth-order valence-corrected chi connectivity index (χ4v) is 1.35. The third-order valence-corrected chi connectivity index (χ3v) is 2.83. The van der Waals surface area contributed by atoms with E-state index in [1.807, 2.05) is 13.8 Å². The molecule has 0 radical (unpaired) electrons. The molecule has 0 saturated heterocycles. The first-order chi connectivity index (χ1) is 7.08. The SMILES string of the molecule is CCCCCCC(=O)NC(C)(CC)CO. The van der Waals surface area contributed by atoms with Gasteiger partial charge in [-0.3, -0.25) is 4.79 Å². The van der Waals surface area contributed by atoms with E-state index in [9.17, 15) is 4.79 Å². The second-order valence-corrected chi connectivity index (χ2v) is 4.43. The van der Waals surface area contributed by atoms with Gasteiger partial charge in [-0.15, -0.1) is 0 Å². The zero-order chi connectivity index (χ0) is 11.7. The highest BCUT2D eigenvalue weighted by Gasteiger charge is 2.22. The number of aliphatic hydroxyl groups is 1. The molecular weight excluding hydrogens is 190 g/mol. The number of hydrogen-bond acceptors (Lipinski definition) is 2. The fourth-order valence-electron chi connectivity index (χ4n) is 1.35. The van der Waals surface area contributed by atoms with E-state index >= 15 is 0 Å². The molecule has 0 saturated carbocycles. The van der Waals surface area contributed by atoms with Gasteiger partial charge in [-0.1, -0.05) is 33.1 Å². The number of aliphatic hydroxyl groups excluding tert-OH is 1. The summed E-state index contributed by atoms with van der Waals surface area (Å²) in [6.45, 7) is 5.99. The number of carbonyl (C=O) groups is 1. The van der Waals surface area contributed by atoms with E-state index < -0.39 is 5.54 Å². The smallest absolute Gasteiger partial charge is 0.220 e. The topological polar surface area (TPSA) is 49.3 Å². The summed E-state index contributed by atoms with van der Waals surface area (Å²) in [6.07, 6.45) is 5.78. The van der Waals surface area contributed by atoms with Crippen molar-refractivity contribution in [2.45, 2.75) is 64.8 Å². The minimum absolute atomic E-state index is 0.00417. The summed E-state index contributed by atoms with van der Waals surface area (Å²) >= 11 is 0. The molecule has 15 heavy (non-hydrogen) atoms. The van der Waals surface area contributed by atoms with Crippen LogP contribution in [0.1, 0.15) is 59.3 Å². The molecule has 0 aliphatic heterocycles. The van der Waals surface area contributed by atoms with Gasteiger partial charge in [-0.25, -0.2) is 0 Å². The van der Waals surface area contributed by atoms with E-state index in [0.29, 0.717) is 6.42 Å². The van der Waals surface area contributed by atoms with E-state index in [2.05, 4.69) is 12.2 Å². The van der Waals surface area contributed by atoms with E-state index in [1.165, 1.54) is 12.8 Å². The number of amides is 1. The molecular formula is C12H25NO2. The summed E-state index contributed by atoms with van der Waals surface area (Å²) in [5, 5.41) is 12.0. The van der Waals surface area contributed by atoms with Crippen LogP contribution in [0.3, 0.4) is 0 Å². The van der Waals surface area contributed by atoms with Gasteiger partial charge < -0.3 is 10.4 Å². The quantitative estimate of drug-likeness (QED) is 0.610. The highest BCUT2D eigenvalue weighted by Crippen LogP contribution is 2.09. The Hall–Kier alpha value is -0.570. The Labute approximate surface area is 93.3 Å².